The molecular weight excluding hydrogens is 264 g/mol. The minimum absolute atomic E-state index is 0.0515. The highest BCUT2D eigenvalue weighted by molar-refractivity contribution is 5.72. The van der Waals surface area contributed by atoms with Crippen LogP contribution in [0.4, 0.5) is 0 Å². The number of hydrogen-bond acceptors (Lipinski definition) is 6. The molecule has 0 fully saturated rings. The Morgan fingerprint density at radius 1 is 1.35 bits per heavy atom. The van der Waals surface area contributed by atoms with Gasteiger partial charge in [0.1, 0.15) is 12.4 Å². The fourth-order valence-corrected chi connectivity index (χ4v) is 1.67. The molecule has 0 aliphatic rings. The number of phenolic OH excluding ortho intramolecular Hbond substituents is 1. The molecule has 0 saturated heterocycles. The molecule has 2 atom stereocenters. The van der Waals surface area contributed by atoms with Gasteiger partial charge in [-0.15, -0.1) is 0 Å². The summed E-state index contributed by atoms with van der Waals surface area (Å²) in [6, 6.07) is 4.42. The highest BCUT2D eigenvalue weighted by Crippen LogP contribution is 2.28. The first-order chi connectivity index (χ1) is 9.36. The number of carbonyl (C=O) groups is 2. The molecule has 20 heavy (non-hydrogen) atoms. The molecular formula is C14H18O6. The van der Waals surface area contributed by atoms with Gasteiger partial charge in [0.25, 0.3) is 0 Å². The minimum atomic E-state index is -1.09. The van der Waals surface area contributed by atoms with E-state index in [1.165, 1.54) is 33.1 Å². The fourth-order valence-electron chi connectivity index (χ4n) is 1.67. The predicted molar refractivity (Wildman–Crippen MR) is 69.7 cm³/mol. The molecule has 6 nitrogen and oxygen atoms in total. The number of hydrogen-bond donors (Lipinski definition) is 2. The standard InChI is InChI=1S/C14H18O6/c1-8(14(18)19-3)13(17)10-4-5-11(12(16)6-10)7-20-9(2)15/h4-6,8,13,16-17H,7H2,1-3H3/t8-,13+/m0/s1. The lowest BCUT2D eigenvalue weighted by Gasteiger charge is -2.17. The van der Waals surface area contributed by atoms with Crippen LogP contribution < -0.4 is 0 Å². The van der Waals surface area contributed by atoms with Gasteiger partial charge in [-0.05, 0) is 18.6 Å². The molecule has 0 heterocycles. The Balaban J connectivity index is 2.85. The number of ether oxygens (including phenoxy) is 2. The van der Waals surface area contributed by atoms with Crippen molar-refractivity contribution in [2.24, 2.45) is 5.92 Å². The smallest absolute Gasteiger partial charge is 0.311 e. The first kappa shape index (κ1) is 16.0. The molecule has 110 valence electrons. The number of methoxy groups -OCH3 is 1. The molecule has 0 saturated carbocycles. The second-order valence-corrected chi connectivity index (χ2v) is 4.43. The molecule has 2 N–H and O–H groups in total. The molecule has 1 rings (SSSR count). The van der Waals surface area contributed by atoms with Gasteiger partial charge in [-0.25, -0.2) is 0 Å². The Hall–Kier alpha value is -2.08. The summed E-state index contributed by atoms with van der Waals surface area (Å²) in [5.41, 5.74) is 0.800. The fraction of sp³-hybridized carbons (Fsp3) is 0.429. The van der Waals surface area contributed by atoms with E-state index in [-0.39, 0.29) is 12.4 Å². The normalized spacial score (nSPS) is 13.4. The summed E-state index contributed by atoms with van der Waals surface area (Å²) >= 11 is 0. The number of rotatable bonds is 5. The number of carbonyl (C=O) groups excluding carboxylic acids is 2. The van der Waals surface area contributed by atoms with Crippen LogP contribution in [0.1, 0.15) is 31.1 Å². The van der Waals surface area contributed by atoms with Gasteiger partial charge in [0, 0.05) is 12.5 Å². The Labute approximate surface area is 116 Å². The van der Waals surface area contributed by atoms with E-state index >= 15 is 0 Å². The van der Waals surface area contributed by atoms with Crippen molar-refractivity contribution in [3.63, 3.8) is 0 Å². The monoisotopic (exact) mass is 282 g/mol. The van der Waals surface area contributed by atoms with Gasteiger partial charge in [-0.3, -0.25) is 9.59 Å². The maximum Gasteiger partial charge on any atom is 0.311 e. The van der Waals surface area contributed by atoms with E-state index in [9.17, 15) is 19.8 Å². The quantitative estimate of drug-likeness (QED) is 0.791. The summed E-state index contributed by atoms with van der Waals surface area (Å²) in [5.74, 6) is -1.85. The lowest BCUT2D eigenvalue weighted by atomic mass is 9.96. The van der Waals surface area contributed by atoms with Gasteiger partial charge in [-0.1, -0.05) is 12.1 Å². The predicted octanol–water partition coefficient (Wildman–Crippen LogP) is 1.30. The van der Waals surface area contributed by atoms with E-state index in [4.69, 9.17) is 4.74 Å². The van der Waals surface area contributed by atoms with Crippen molar-refractivity contribution in [3.8, 4) is 5.75 Å². The Bertz CT molecular complexity index is 496. The van der Waals surface area contributed by atoms with Crippen molar-refractivity contribution < 1.29 is 29.3 Å². The molecule has 0 unspecified atom stereocenters. The molecule has 1 aromatic carbocycles. The van der Waals surface area contributed by atoms with Crippen LogP contribution in [0.3, 0.4) is 0 Å². The molecule has 0 bridgehead atoms. The summed E-state index contributed by atoms with van der Waals surface area (Å²) < 4.78 is 9.33. The van der Waals surface area contributed by atoms with Crippen LogP contribution in [0, 0.1) is 5.92 Å². The lowest BCUT2D eigenvalue weighted by molar-refractivity contribution is -0.148. The average Bonchev–Trinajstić information content (AvgIpc) is 2.43. The highest BCUT2D eigenvalue weighted by atomic mass is 16.5. The molecule has 0 aliphatic carbocycles. The van der Waals surface area contributed by atoms with Gasteiger partial charge in [0.15, 0.2) is 0 Å². The maximum atomic E-state index is 11.4. The van der Waals surface area contributed by atoms with Crippen LogP contribution >= 0.6 is 0 Å². The molecule has 0 spiro atoms. The Morgan fingerprint density at radius 3 is 2.50 bits per heavy atom. The average molecular weight is 282 g/mol. The number of esters is 2. The molecule has 6 heteroatoms. The summed E-state index contributed by atoms with van der Waals surface area (Å²) in [5, 5.41) is 19.8. The van der Waals surface area contributed by atoms with Crippen molar-refractivity contribution in [1.29, 1.82) is 0 Å². The zero-order valence-electron chi connectivity index (χ0n) is 11.6. The number of aromatic hydroxyl groups is 1. The molecule has 0 aromatic heterocycles. The number of aliphatic hydroxyl groups excluding tert-OH is 1. The Morgan fingerprint density at radius 2 is 2.00 bits per heavy atom. The van der Waals surface area contributed by atoms with Crippen molar-refractivity contribution in [2.45, 2.75) is 26.6 Å². The number of aliphatic hydroxyl groups is 1. The third kappa shape index (κ3) is 3.96. The highest BCUT2D eigenvalue weighted by Gasteiger charge is 2.24. The number of phenols is 1. The third-order valence-electron chi connectivity index (χ3n) is 2.93. The third-order valence-corrected chi connectivity index (χ3v) is 2.93. The second-order valence-electron chi connectivity index (χ2n) is 4.43. The minimum Gasteiger partial charge on any atom is -0.508 e. The van der Waals surface area contributed by atoms with Crippen LogP contribution in [-0.2, 0) is 25.7 Å². The van der Waals surface area contributed by atoms with E-state index in [1.807, 2.05) is 0 Å². The van der Waals surface area contributed by atoms with Crippen LogP contribution in [-0.4, -0.2) is 29.3 Å². The van der Waals surface area contributed by atoms with Crippen LogP contribution in [0.5, 0.6) is 5.75 Å². The zero-order chi connectivity index (χ0) is 15.3. The topological polar surface area (TPSA) is 93.1 Å². The molecule has 0 radical (unpaired) electrons. The van der Waals surface area contributed by atoms with E-state index in [1.54, 1.807) is 6.07 Å². The summed E-state index contributed by atoms with van der Waals surface area (Å²) in [6.07, 6.45) is -1.09. The van der Waals surface area contributed by atoms with Crippen LogP contribution in [0.25, 0.3) is 0 Å². The summed E-state index contributed by atoms with van der Waals surface area (Å²) in [4.78, 5) is 22.1. The van der Waals surface area contributed by atoms with E-state index in [2.05, 4.69) is 4.74 Å². The SMILES string of the molecule is COC(=O)[C@@H](C)[C@@H](O)c1ccc(COC(C)=O)c(O)c1. The van der Waals surface area contributed by atoms with Gasteiger partial charge >= 0.3 is 11.9 Å². The lowest BCUT2D eigenvalue weighted by Crippen LogP contribution is -2.20. The van der Waals surface area contributed by atoms with Crippen molar-refractivity contribution in [3.05, 3.63) is 29.3 Å². The largest absolute Gasteiger partial charge is 0.508 e. The second kappa shape index (κ2) is 6.91. The Kier molecular flexibility index (Phi) is 5.52. The van der Waals surface area contributed by atoms with Crippen molar-refractivity contribution in [2.75, 3.05) is 7.11 Å². The van der Waals surface area contributed by atoms with Crippen molar-refractivity contribution in [1.82, 2.24) is 0 Å². The molecule has 1 aromatic rings. The first-order valence-electron chi connectivity index (χ1n) is 6.07. The summed E-state index contributed by atoms with van der Waals surface area (Å²) in [6.45, 7) is 2.75. The maximum absolute atomic E-state index is 11.4. The van der Waals surface area contributed by atoms with Crippen LogP contribution in [0.2, 0.25) is 0 Å². The molecule has 0 aliphatic heterocycles. The van der Waals surface area contributed by atoms with Crippen molar-refractivity contribution >= 4 is 11.9 Å². The van der Waals surface area contributed by atoms with Gasteiger partial charge in [0.2, 0.25) is 0 Å². The van der Waals surface area contributed by atoms with Gasteiger partial charge in [-0.2, -0.15) is 0 Å². The first-order valence-corrected chi connectivity index (χ1v) is 6.07. The van der Waals surface area contributed by atoms with Crippen LogP contribution in [0.15, 0.2) is 18.2 Å². The van der Waals surface area contributed by atoms with E-state index in [0.29, 0.717) is 11.1 Å². The van der Waals surface area contributed by atoms with E-state index < -0.39 is 24.0 Å². The molecule has 0 amide bonds. The van der Waals surface area contributed by atoms with Gasteiger partial charge < -0.3 is 19.7 Å². The summed E-state index contributed by atoms with van der Waals surface area (Å²) in [7, 11) is 1.24. The number of benzene rings is 1. The zero-order valence-corrected chi connectivity index (χ0v) is 11.6. The van der Waals surface area contributed by atoms with Gasteiger partial charge in [0.05, 0.1) is 19.1 Å². The van der Waals surface area contributed by atoms with E-state index in [0.717, 1.165) is 0 Å².